The maximum Gasteiger partial charge on any atom is 0.128 e. The van der Waals surface area contributed by atoms with E-state index in [1.54, 1.807) is 6.07 Å². The van der Waals surface area contributed by atoms with Crippen LogP contribution < -0.4 is 10.2 Å². The normalized spacial score (nSPS) is 13.3. The van der Waals surface area contributed by atoms with Crippen molar-refractivity contribution in [1.29, 1.82) is 0 Å². The lowest BCUT2D eigenvalue weighted by molar-refractivity contribution is 0.608. The maximum absolute atomic E-state index is 14.3. The number of nitrogens with one attached hydrogen (secondary N) is 1. The number of rotatable bonds is 6. The molecule has 0 atom stereocenters. The average Bonchev–Trinajstić information content (AvgIpc) is 2.75. The van der Waals surface area contributed by atoms with Gasteiger partial charge < -0.3 is 10.2 Å². The first-order chi connectivity index (χ1) is 14.6. The molecule has 1 aliphatic rings. The van der Waals surface area contributed by atoms with Gasteiger partial charge in [-0.25, -0.2) is 4.39 Å². The summed E-state index contributed by atoms with van der Waals surface area (Å²) >= 11 is 0. The summed E-state index contributed by atoms with van der Waals surface area (Å²) in [5.41, 5.74) is 9.55. The van der Waals surface area contributed by atoms with Gasteiger partial charge in [-0.2, -0.15) is 0 Å². The van der Waals surface area contributed by atoms with Gasteiger partial charge in [0, 0.05) is 30.2 Å². The molecule has 4 rings (SSSR count). The average molecular weight is 403 g/mol. The molecule has 0 saturated heterocycles. The molecule has 3 aromatic rings. The molecule has 0 saturated carbocycles. The Morgan fingerprint density at radius 3 is 2.57 bits per heavy atom. The second kappa shape index (κ2) is 8.91. The molecular formula is C27H31FN2. The van der Waals surface area contributed by atoms with Crippen molar-refractivity contribution in [2.45, 2.75) is 53.0 Å². The fourth-order valence-electron chi connectivity index (χ4n) is 4.54. The lowest BCUT2D eigenvalue weighted by atomic mass is 9.93. The Morgan fingerprint density at radius 1 is 1.00 bits per heavy atom. The Balaban J connectivity index is 1.60. The molecule has 0 unspecified atom stereocenters. The van der Waals surface area contributed by atoms with E-state index >= 15 is 0 Å². The van der Waals surface area contributed by atoms with E-state index in [4.69, 9.17) is 0 Å². The molecule has 2 nitrogen and oxygen atoms in total. The Morgan fingerprint density at radius 2 is 1.80 bits per heavy atom. The van der Waals surface area contributed by atoms with Crippen molar-refractivity contribution in [2.24, 2.45) is 0 Å². The van der Waals surface area contributed by atoms with Gasteiger partial charge in [0.1, 0.15) is 5.82 Å². The molecule has 1 aliphatic heterocycles. The van der Waals surface area contributed by atoms with Gasteiger partial charge in [-0.05, 0) is 79.1 Å². The lowest BCUT2D eigenvalue weighted by Crippen LogP contribution is -2.26. The highest BCUT2D eigenvalue weighted by Crippen LogP contribution is 2.38. The molecular weight excluding hydrogens is 371 g/mol. The maximum atomic E-state index is 14.3. The lowest BCUT2D eigenvalue weighted by Gasteiger charge is -2.34. The van der Waals surface area contributed by atoms with Crippen LogP contribution in [0.4, 0.5) is 21.5 Å². The summed E-state index contributed by atoms with van der Waals surface area (Å²) in [6.45, 7) is 8.20. The van der Waals surface area contributed by atoms with Crippen LogP contribution in [0, 0.1) is 19.7 Å². The van der Waals surface area contributed by atoms with Crippen LogP contribution in [-0.2, 0) is 19.4 Å². The summed E-state index contributed by atoms with van der Waals surface area (Å²) in [4.78, 5) is 2.48. The van der Waals surface area contributed by atoms with Gasteiger partial charge >= 0.3 is 0 Å². The summed E-state index contributed by atoms with van der Waals surface area (Å²) in [5.74, 6) is -0.116. The molecule has 0 aromatic heterocycles. The van der Waals surface area contributed by atoms with Crippen LogP contribution in [0.3, 0.4) is 0 Å². The molecule has 156 valence electrons. The van der Waals surface area contributed by atoms with Crippen molar-refractivity contribution in [3.63, 3.8) is 0 Å². The number of hydrogen-bond donors (Lipinski definition) is 1. The third-order valence-corrected chi connectivity index (χ3v) is 6.19. The molecule has 0 spiro atoms. The zero-order chi connectivity index (χ0) is 21.1. The number of nitrogens with zero attached hydrogens (tertiary/aromatic N) is 1. The largest absolute Gasteiger partial charge is 0.381 e. The number of anilines is 3. The first kappa shape index (κ1) is 20.5. The monoisotopic (exact) mass is 402 g/mol. The minimum absolute atomic E-state index is 0.116. The summed E-state index contributed by atoms with van der Waals surface area (Å²) in [6.07, 6.45) is 4.03. The highest BCUT2D eigenvalue weighted by atomic mass is 19.1. The highest BCUT2D eigenvalue weighted by Gasteiger charge is 2.22. The van der Waals surface area contributed by atoms with Crippen LogP contribution in [-0.4, -0.2) is 6.54 Å². The minimum atomic E-state index is -0.116. The van der Waals surface area contributed by atoms with E-state index in [1.165, 1.54) is 40.0 Å². The summed E-state index contributed by atoms with van der Waals surface area (Å²) in [7, 11) is 0. The molecule has 30 heavy (non-hydrogen) atoms. The van der Waals surface area contributed by atoms with Crippen LogP contribution in [0.2, 0.25) is 0 Å². The standard InChI is InChI=1S/C27H31FN2/c1-4-8-21-14-15-24(17-25(21)28)29-18-23-13-12-22-10-7-16-30(27(22)20(23)3)26-11-6-5-9-19(26)2/h5-6,9,11-15,17,29H,4,7-8,10,16,18H2,1-3H3. The highest BCUT2D eigenvalue weighted by molar-refractivity contribution is 5.74. The van der Waals surface area contributed by atoms with Crippen molar-refractivity contribution in [3.8, 4) is 0 Å². The summed E-state index contributed by atoms with van der Waals surface area (Å²) < 4.78 is 14.3. The predicted molar refractivity (Wildman–Crippen MR) is 125 cm³/mol. The molecule has 3 aromatic carbocycles. The second-order valence-corrected chi connectivity index (χ2v) is 8.31. The van der Waals surface area contributed by atoms with Gasteiger partial charge in [-0.3, -0.25) is 0 Å². The van der Waals surface area contributed by atoms with Crippen molar-refractivity contribution >= 4 is 17.1 Å². The Bertz CT molecular complexity index is 1040. The summed E-state index contributed by atoms with van der Waals surface area (Å²) in [6, 6.07) is 18.6. The second-order valence-electron chi connectivity index (χ2n) is 8.31. The van der Waals surface area contributed by atoms with Crippen molar-refractivity contribution in [2.75, 3.05) is 16.8 Å². The van der Waals surface area contributed by atoms with Gasteiger partial charge in [0.2, 0.25) is 0 Å². The van der Waals surface area contributed by atoms with Gasteiger partial charge in [-0.1, -0.05) is 49.7 Å². The number of halogens is 1. The quantitative estimate of drug-likeness (QED) is 0.473. The zero-order valence-corrected chi connectivity index (χ0v) is 18.3. The van der Waals surface area contributed by atoms with E-state index in [-0.39, 0.29) is 5.82 Å². The van der Waals surface area contributed by atoms with E-state index < -0.39 is 0 Å². The van der Waals surface area contributed by atoms with E-state index in [9.17, 15) is 4.39 Å². The van der Waals surface area contributed by atoms with Gasteiger partial charge in [-0.15, -0.1) is 0 Å². The first-order valence-corrected chi connectivity index (χ1v) is 11.0. The van der Waals surface area contributed by atoms with Crippen LogP contribution >= 0.6 is 0 Å². The molecule has 0 bridgehead atoms. The van der Waals surface area contributed by atoms with E-state index in [0.717, 1.165) is 37.1 Å². The number of hydrogen-bond acceptors (Lipinski definition) is 2. The fraction of sp³-hybridized carbons (Fsp3) is 0.333. The summed E-state index contributed by atoms with van der Waals surface area (Å²) in [5, 5.41) is 3.43. The van der Waals surface area contributed by atoms with Crippen LogP contribution in [0.1, 0.15) is 47.6 Å². The molecule has 1 N–H and O–H groups in total. The third kappa shape index (κ3) is 4.07. The van der Waals surface area contributed by atoms with Crippen LogP contribution in [0.5, 0.6) is 0 Å². The fourth-order valence-corrected chi connectivity index (χ4v) is 4.54. The van der Waals surface area contributed by atoms with Crippen LogP contribution in [0.15, 0.2) is 54.6 Å². The minimum Gasteiger partial charge on any atom is -0.381 e. The predicted octanol–water partition coefficient (Wildman–Crippen LogP) is 7.09. The molecule has 0 radical (unpaired) electrons. The van der Waals surface area contributed by atoms with Crippen molar-refractivity contribution < 1.29 is 4.39 Å². The molecule has 0 aliphatic carbocycles. The topological polar surface area (TPSA) is 15.3 Å². The number of fused-ring (bicyclic) bond motifs is 1. The number of aryl methyl sites for hydroxylation is 3. The molecule has 3 heteroatoms. The molecule has 0 amide bonds. The third-order valence-electron chi connectivity index (χ3n) is 6.19. The van der Waals surface area contributed by atoms with Crippen molar-refractivity contribution in [3.05, 3.63) is 88.2 Å². The van der Waals surface area contributed by atoms with E-state index in [2.05, 4.69) is 67.4 Å². The zero-order valence-electron chi connectivity index (χ0n) is 18.3. The number of benzene rings is 3. The van der Waals surface area contributed by atoms with E-state index in [1.807, 2.05) is 12.1 Å². The Kier molecular flexibility index (Phi) is 6.08. The van der Waals surface area contributed by atoms with Gasteiger partial charge in [0.15, 0.2) is 0 Å². The van der Waals surface area contributed by atoms with Gasteiger partial charge in [0.25, 0.3) is 0 Å². The van der Waals surface area contributed by atoms with Crippen LogP contribution in [0.25, 0.3) is 0 Å². The SMILES string of the molecule is CCCc1ccc(NCc2ccc3c(c2C)N(c2ccccc2C)CCC3)cc1F. The first-order valence-electron chi connectivity index (χ1n) is 11.0. The van der Waals surface area contributed by atoms with Gasteiger partial charge in [0.05, 0.1) is 0 Å². The van der Waals surface area contributed by atoms with E-state index in [0.29, 0.717) is 6.54 Å². The van der Waals surface area contributed by atoms with Crippen molar-refractivity contribution in [1.82, 2.24) is 0 Å². The Labute approximate surface area is 179 Å². The molecule has 0 fully saturated rings. The Hall–Kier alpha value is -2.81. The smallest absolute Gasteiger partial charge is 0.128 e. The molecule has 1 heterocycles. The number of para-hydroxylation sites is 1.